The van der Waals surface area contributed by atoms with E-state index in [9.17, 15) is 0 Å². The Morgan fingerprint density at radius 2 is 2.33 bits per heavy atom. The van der Waals surface area contributed by atoms with Gasteiger partial charge in [-0.2, -0.15) is 0 Å². The number of nitrogens with zero attached hydrogens (tertiary/aromatic N) is 2. The van der Waals surface area contributed by atoms with Crippen LogP contribution in [0.1, 0.15) is 5.69 Å². The predicted molar refractivity (Wildman–Crippen MR) is 59.6 cm³/mol. The molecule has 1 saturated heterocycles. The van der Waals surface area contributed by atoms with Crippen molar-refractivity contribution >= 4 is 11.3 Å². The number of rotatable bonds is 3. The number of ether oxygens (including phenoxy) is 2. The molecule has 0 aliphatic carbocycles. The third-order valence-electron chi connectivity index (χ3n) is 2.51. The maximum absolute atomic E-state index is 5.81. The van der Waals surface area contributed by atoms with E-state index in [-0.39, 0.29) is 6.10 Å². The van der Waals surface area contributed by atoms with Crippen LogP contribution in [0.5, 0.6) is 5.19 Å². The first-order valence-electron chi connectivity index (χ1n) is 5.00. The molecule has 84 valence electrons. The molecule has 0 aromatic carbocycles. The number of likely N-dealkylation sites (N-methyl/N-ethyl adjacent to an activating group) is 1. The number of aromatic nitrogens is 1. The van der Waals surface area contributed by atoms with Crippen molar-refractivity contribution in [1.82, 2.24) is 9.88 Å². The zero-order valence-corrected chi connectivity index (χ0v) is 10.1. The lowest BCUT2D eigenvalue weighted by molar-refractivity contribution is 0.126. The molecule has 2 rings (SSSR count). The monoisotopic (exact) mass is 228 g/mol. The van der Waals surface area contributed by atoms with Gasteiger partial charge in [0.2, 0.25) is 0 Å². The molecule has 0 bridgehead atoms. The van der Waals surface area contributed by atoms with Crippen molar-refractivity contribution in [2.45, 2.75) is 19.1 Å². The van der Waals surface area contributed by atoms with Crippen LogP contribution in [0.3, 0.4) is 0 Å². The van der Waals surface area contributed by atoms with E-state index in [2.05, 4.69) is 9.88 Å². The molecule has 2 heterocycles. The van der Waals surface area contributed by atoms with E-state index in [1.807, 2.05) is 26.4 Å². The van der Waals surface area contributed by atoms with Gasteiger partial charge in [0.15, 0.2) is 0 Å². The largest absolute Gasteiger partial charge is 0.462 e. The van der Waals surface area contributed by atoms with E-state index in [1.54, 1.807) is 11.3 Å². The standard InChI is InChI=1S/C10H16N2O2S/c1-7-6-15-10(11-7)14-9-5-13-4-8(9)12(2)3/h6,8-9H,4-5H2,1-3H3. The molecule has 1 aromatic rings. The predicted octanol–water partition coefficient (Wildman–Crippen LogP) is 1.16. The van der Waals surface area contributed by atoms with E-state index in [0.29, 0.717) is 12.6 Å². The van der Waals surface area contributed by atoms with Gasteiger partial charge in [-0.25, -0.2) is 4.98 Å². The van der Waals surface area contributed by atoms with Crippen LogP contribution in [0.25, 0.3) is 0 Å². The Balaban J connectivity index is 1.99. The Hall–Kier alpha value is -0.650. The van der Waals surface area contributed by atoms with E-state index in [1.165, 1.54) is 0 Å². The highest BCUT2D eigenvalue weighted by Crippen LogP contribution is 2.22. The summed E-state index contributed by atoms with van der Waals surface area (Å²) < 4.78 is 11.2. The average molecular weight is 228 g/mol. The summed E-state index contributed by atoms with van der Waals surface area (Å²) in [5, 5.41) is 2.74. The fourth-order valence-corrected chi connectivity index (χ4v) is 2.33. The molecule has 0 amide bonds. The van der Waals surface area contributed by atoms with Crippen molar-refractivity contribution in [3.05, 3.63) is 11.1 Å². The van der Waals surface area contributed by atoms with Crippen LogP contribution < -0.4 is 4.74 Å². The molecule has 1 aliphatic heterocycles. The lowest BCUT2D eigenvalue weighted by Crippen LogP contribution is -2.41. The Morgan fingerprint density at radius 3 is 2.93 bits per heavy atom. The maximum atomic E-state index is 5.81. The lowest BCUT2D eigenvalue weighted by atomic mass is 10.2. The molecular weight excluding hydrogens is 212 g/mol. The van der Waals surface area contributed by atoms with Gasteiger partial charge in [-0.3, -0.25) is 0 Å². The van der Waals surface area contributed by atoms with Crippen LogP contribution in [0, 0.1) is 6.92 Å². The molecule has 2 unspecified atom stereocenters. The summed E-state index contributed by atoms with van der Waals surface area (Å²) in [6.07, 6.45) is 0.102. The van der Waals surface area contributed by atoms with E-state index in [4.69, 9.17) is 9.47 Å². The molecule has 0 spiro atoms. The van der Waals surface area contributed by atoms with Crippen molar-refractivity contribution in [2.24, 2.45) is 0 Å². The van der Waals surface area contributed by atoms with Gasteiger partial charge in [0.1, 0.15) is 6.10 Å². The first kappa shape index (κ1) is 10.9. The lowest BCUT2D eigenvalue weighted by Gasteiger charge is -2.23. The van der Waals surface area contributed by atoms with Gasteiger partial charge < -0.3 is 14.4 Å². The van der Waals surface area contributed by atoms with Gasteiger partial charge >= 0.3 is 0 Å². The van der Waals surface area contributed by atoms with Crippen LogP contribution in [-0.4, -0.2) is 49.3 Å². The van der Waals surface area contributed by atoms with Crippen LogP contribution in [-0.2, 0) is 4.74 Å². The molecule has 5 heteroatoms. The van der Waals surface area contributed by atoms with Gasteiger partial charge in [0.05, 0.1) is 24.9 Å². The van der Waals surface area contributed by atoms with Gasteiger partial charge in [-0.1, -0.05) is 11.3 Å². The molecule has 2 atom stereocenters. The number of aryl methyl sites for hydroxylation is 1. The second kappa shape index (κ2) is 4.47. The second-order valence-electron chi connectivity index (χ2n) is 3.98. The minimum atomic E-state index is 0.102. The Labute approximate surface area is 93.8 Å². The Bertz CT molecular complexity index is 327. The van der Waals surface area contributed by atoms with Crippen molar-refractivity contribution in [3.63, 3.8) is 0 Å². The quantitative estimate of drug-likeness (QED) is 0.777. The minimum absolute atomic E-state index is 0.102. The summed E-state index contributed by atoms with van der Waals surface area (Å²) in [6.45, 7) is 3.36. The van der Waals surface area contributed by atoms with Crippen molar-refractivity contribution in [3.8, 4) is 5.19 Å². The summed E-state index contributed by atoms with van der Waals surface area (Å²) >= 11 is 1.54. The topological polar surface area (TPSA) is 34.6 Å². The van der Waals surface area contributed by atoms with Gasteiger partial charge in [-0.15, -0.1) is 0 Å². The Kier molecular flexibility index (Phi) is 3.23. The van der Waals surface area contributed by atoms with E-state index >= 15 is 0 Å². The molecule has 1 aliphatic rings. The minimum Gasteiger partial charge on any atom is -0.462 e. The van der Waals surface area contributed by atoms with Crippen molar-refractivity contribution < 1.29 is 9.47 Å². The smallest absolute Gasteiger partial charge is 0.273 e. The molecule has 0 radical (unpaired) electrons. The SMILES string of the molecule is Cc1csc(OC2COCC2N(C)C)n1. The summed E-state index contributed by atoms with van der Waals surface area (Å²) in [6, 6.07) is 0.328. The van der Waals surface area contributed by atoms with Crippen LogP contribution in [0.15, 0.2) is 5.38 Å². The first-order valence-corrected chi connectivity index (χ1v) is 5.88. The highest BCUT2D eigenvalue weighted by atomic mass is 32.1. The number of hydrogen-bond acceptors (Lipinski definition) is 5. The summed E-state index contributed by atoms with van der Waals surface area (Å²) in [5.74, 6) is 0. The van der Waals surface area contributed by atoms with Crippen LogP contribution >= 0.6 is 11.3 Å². The summed E-state index contributed by atoms with van der Waals surface area (Å²) in [7, 11) is 4.09. The maximum Gasteiger partial charge on any atom is 0.273 e. The Morgan fingerprint density at radius 1 is 1.53 bits per heavy atom. The molecule has 1 fully saturated rings. The number of thiazole rings is 1. The first-order chi connectivity index (χ1) is 7.16. The normalized spacial score (nSPS) is 26.1. The highest BCUT2D eigenvalue weighted by molar-refractivity contribution is 7.11. The zero-order valence-electron chi connectivity index (χ0n) is 9.27. The van der Waals surface area contributed by atoms with Crippen LogP contribution in [0.4, 0.5) is 0 Å². The van der Waals surface area contributed by atoms with Gasteiger partial charge in [-0.05, 0) is 21.0 Å². The molecule has 4 nitrogen and oxygen atoms in total. The zero-order chi connectivity index (χ0) is 10.8. The third-order valence-corrected chi connectivity index (χ3v) is 3.36. The number of hydrogen-bond donors (Lipinski definition) is 0. The van der Waals surface area contributed by atoms with Gasteiger partial charge in [0, 0.05) is 5.38 Å². The van der Waals surface area contributed by atoms with Gasteiger partial charge in [0.25, 0.3) is 5.19 Å². The van der Waals surface area contributed by atoms with Crippen molar-refractivity contribution in [2.75, 3.05) is 27.3 Å². The molecule has 0 N–H and O–H groups in total. The highest BCUT2D eigenvalue weighted by Gasteiger charge is 2.32. The fraction of sp³-hybridized carbons (Fsp3) is 0.700. The van der Waals surface area contributed by atoms with E-state index in [0.717, 1.165) is 17.5 Å². The van der Waals surface area contributed by atoms with Crippen LogP contribution in [0.2, 0.25) is 0 Å². The summed E-state index contributed by atoms with van der Waals surface area (Å²) in [4.78, 5) is 6.43. The molecular formula is C10H16N2O2S. The average Bonchev–Trinajstić information content (AvgIpc) is 2.75. The summed E-state index contributed by atoms with van der Waals surface area (Å²) in [5.41, 5.74) is 1.01. The molecule has 1 aromatic heterocycles. The third kappa shape index (κ3) is 2.48. The molecule has 15 heavy (non-hydrogen) atoms. The van der Waals surface area contributed by atoms with Crippen molar-refractivity contribution in [1.29, 1.82) is 0 Å². The fourth-order valence-electron chi connectivity index (χ4n) is 1.63. The van der Waals surface area contributed by atoms with E-state index < -0.39 is 0 Å². The molecule has 0 saturated carbocycles. The second-order valence-corrected chi connectivity index (χ2v) is 4.80.